The topological polar surface area (TPSA) is 80.9 Å². The van der Waals surface area contributed by atoms with Gasteiger partial charge in [-0.2, -0.15) is 0 Å². The number of para-hydroxylation sites is 3. The largest absolute Gasteiger partial charge is 0.507 e. The molecule has 288 valence electrons. The summed E-state index contributed by atoms with van der Waals surface area (Å²) < 4.78 is 10.7. The van der Waals surface area contributed by atoms with E-state index < -0.39 is 0 Å². The Morgan fingerprint density at radius 2 is 1.28 bits per heavy atom. The third-order valence-electron chi connectivity index (χ3n) is 11.3. The number of hydrogen-bond acceptors (Lipinski definition) is 5. The normalized spacial score (nSPS) is 12.9. The monoisotopic (exact) mass is 929 g/mol. The van der Waals surface area contributed by atoms with Crippen LogP contribution in [0.1, 0.15) is 79.0 Å². The van der Waals surface area contributed by atoms with Gasteiger partial charge in [0.1, 0.15) is 22.6 Å². The number of benzene rings is 5. The average molecular weight is 930 g/mol. The molecular formula is C49H44N5O2Pt-. The van der Waals surface area contributed by atoms with Crippen LogP contribution in [0.15, 0.2) is 101 Å². The van der Waals surface area contributed by atoms with Gasteiger partial charge in [0.2, 0.25) is 5.78 Å². The Morgan fingerprint density at radius 3 is 2.04 bits per heavy atom. The van der Waals surface area contributed by atoms with E-state index in [1.807, 2.05) is 24.3 Å². The summed E-state index contributed by atoms with van der Waals surface area (Å²) in [5.41, 5.74) is 12.6. The molecule has 8 heteroatoms. The molecule has 0 radical (unpaired) electrons. The SMILES string of the molecule is CC(C)(C)c1cc(-c2[c-]c3c(cc2)nc2c4cc5oc6ccccc6c5cc4n4c5ccccc5nc4n32)nc(-c2cc(C(C)(C)C)cc(C(C)(C)C)c2O)c1.[Pt]. The molecule has 0 spiro atoms. The molecule has 0 unspecified atom stereocenters. The van der Waals surface area contributed by atoms with E-state index in [0.29, 0.717) is 0 Å². The van der Waals surface area contributed by atoms with Crippen molar-refractivity contribution in [3.05, 3.63) is 120 Å². The summed E-state index contributed by atoms with van der Waals surface area (Å²) in [5.74, 6) is 1.03. The Balaban J connectivity index is 0.00000422. The van der Waals surface area contributed by atoms with Gasteiger partial charge in [0.05, 0.1) is 22.2 Å². The average Bonchev–Trinajstić information content (AvgIpc) is 3.83. The molecule has 1 N–H and O–H groups in total. The zero-order chi connectivity index (χ0) is 39.1. The Hall–Kier alpha value is -5.52. The first-order chi connectivity index (χ1) is 26.5. The maximum atomic E-state index is 11.9. The first-order valence-electron chi connectivity index (χ1n) is 19.3. The molecule has 10 rings (SSSR count). The summed E-state index contributed by atoms with van der Waals surface area (Å²) in [6, 6.07) is 37.2. The first kappa shape index (κ1) is 37.1. The van der Waals surface area contributed by atoms with Gasteiger partial charge in [0.15, 0.2) is 0 Å². The fourth-order valence-corrected chi connectivity index (χ4v) is 8.13. The van der Waals surface area contributed by atoms with Crippen molar-refractivity contribution in [2.45, 2.75) is 78.6 Å². The van der Waals surface area contributed by atoms with E-state index in [4.69, 9.17) is 19.4 Å². The number of furan rings is 1. The third kappa shape index (κ3) is 5.76. The number of hydrogen-bond donors (Lipinski definition) is 1. The van der Waals surface area contributed by atoms with Crippen LogP contribution in [-0.4, -0.2) is 28.9 Å². The summed E-state index contributed by atoms with van der Waals surface area (Å²) >= 11 is 0. The molecule has 0 amide bonds. The van der Waals surface area contributed by atoms with Gasteiger partial charge in [0, 0.05) is 53.9 Å². The van der Waals surface area contributed by atoms with Gasteiger partial charge in [-0.1, -0.05) is 105 Å². The van der Waals surface area contributed by atoms with E-state index in [9.17, 15) is 5.11 Å². The molecule has 0 saturated heterocycles. The molecule has 5 aromatic heterocycles. The molecule has 57 heavy (non-hydrogen) atoms. The van der Waals surface area contributed by atoms with Crippen LogP contribution in [0.5, 0.6) is 5.75 Å². The summed E-state index contributed by atoms with van der Waals surface area (Å²) in [5, 5.41) is 15.0. The second-order valence-electron chi connectivity index (χ2n) is 18.4. The zero-order valence-corrected chi connectivity index (χ0v) is 35.9. The van der Waals surface area contributed by atoms with E-state index in [1.54, 1.807) is 0 Å². The summed E-state index contributed by atoms with van der Waals surface area (Å²) in [7, 11) is 0. The third-order valence-corrected chi connectivity index (χ3v) is 11.3. The fourth-order valence-electron chi connectivity index (χ4n) is 8.13. The van der Waals surface area contributed by atoms with Crippen molar-refractivity contribution in [2.24, 2.45) is 0 Å². The summed E-state index contributed by atoms with van der Waals surface area (Å²) in [6.07, 6.45) is 0. The molecule has 0 bridgehead atoms. The van der Waals surface area contributed by atoms with E-state index >= 15 is 0 Å². The number of rotatable bonds is 2. The molecule has 0 aliphatic heterocycles. The quantitative estimate of drug-likeness (QED) is 0.175. The molecule has 5 aromatic carbocycles. The van der Waals surface area contributed by atoms with Gasteiger partial charge < -0.3 is 9.52 Å². The maximum absolute atomic E-state index is 11.9. The summed E-state index contributed by atoms with van der Waals surface area (Å²) in [6.45, 7) is 19.7. The molecule has 7 nitrogen and oxygen atoms in total. The molecule has 0 aliphatic rings. The van der Waals surface area contributed by atoms with Crippen LogP contribution in [-0.2, 0) is 37.3 Å². The van der Waals surface area contributed by atoms with Crippen LogP contribution in [0.2, 0.25) is 0 Å². The molecule has 0 saturated carbocycles. The number of pyridine rings is 1. The molecule has 10 aromatic rings. The van der Waals surface area contributed by atoms with E-state index in [-0.39, 0.29) is 43.1 Å². The van der Waals surface area contributed by atoms with Crippen molar-refractivity contribution in [1.29, 1.82) is 0 Å². The number of aromatic hydroxyl groups is 1. The van der Waals surface area contributed by atoms with Crippen LogP contribution < -0.4 is 0 Å². The number of fused-ring (bicyclic) bond motifs is 13. The smallest absolute Gasteiger partial charge is 0.220 e. The van der Waals surface area contributed by atoms with Crippen molar-refractivity contribution >= 4 is 66.3 Å². The number of nitrogens with zero attached hydrogens (tertiary/aromatic N) is 5. The number of imidazole rings is 2. The number of phenols is 1. The van der Waals surface area contributed by atoms with Crippen LogP contribution in [0.4, 0.5) is 0 Å². The van der Waals surface area contributed by atoms with Crippen molar-refractivity contribution < 1.29 is 30.6 Å². The van der Waals surface area contributed by atoms with Crippen LogP contribution in [0.25, 0.3) is 88.8 Å². The van der Waals surface area contributed by atoms with E-state index in [2.05, 4.69) is 150 Å². The number of aromatic nitrogens is 5. The van der Waals surface area contributed by atoms with Crippen molar-refractivity contribution in [3.8, 4) is 28.3 Å². The Kier molecular flexibility index (Phi) is 8.12. The van der Waals surface area contributed by atoms with Gasteiger partial charge >= 0.3 is 0 Å². The molecule has 0 aliphatic carbocycles. The number of phenolic OH excluding ortho intramolecular Hbond substituents is 1. The van der Waals surface area contributed by atoms with Gasteiger partial charge in [-0.3, -0.25) is 18.8 Å². The first-order valence-corrected chi connectivity index (χ1v) is 19.3. The van der Waals surface area contributed by atoms with Crippen molar-refractivity contribution in [1.82, 2.24) is 23.8 Å². The van der Waals surface area contributed by atoms with E-state index in [1.165, 1.54) is 0 Å². The minimum atomic E-state index is -0.268. The summed E-state index contributed by atoms with van der Waals surface area (Å²) in [4.78, 5) is 15.8. The second-order valence-corrected chi connectivity index (χ2v) is 18.4. The zero-order valence-electron chi connectivity index (χ0n) is 33.6. The standard InChI is InChI=1S/C49H44N5O2.Pt/c1-47(2,3)28-21-32(44(55)34(22-28)49(7,8)9)38-24-29(48(4,5)6)23-37(50-38)27-18-19-36-41(20-27)54-45(51-36)33-26-43-31(30-14-10-13-17-42(30)56-43)25-40(33)53-39-16-12-11-15-35(39)52-46(53)54;/h10-19,21-26,55H,1-9H3;/q-1;. The Labute approximate surface area is 345 Å². The predicted octanol–water partition coefficient (Wildman–Crippen LogP) is 12.5. The van der Waals surface area contributed by atoms with Crippen LogP contribution in [0, 0.1) is 6.07 Å². The molecule has 0 fully saturated rings. The second kappa shape index (κ2) is 12.5. The Bertz CT molecular complexity index is 3270. The maximum Gasteiger partial charge on any atom is 0.220 e. The minimum absolute atomic E-state index is 0. The van der Waals surface area contributed by atoms with Gasteiger partial charge in [-0.25, -0.2) is 4.98 Å². The fraction of sp³-hybridized carbons (Fsp3) is 0.245. The van der Waals surface area contributed by atoms with E-state index in [0.717, 1.165) is 106 Å². The van der Waals surface area contributed by atoms with Crippen molar-refractivity contribution in [2.75, 3.05) is 0 Å². The van der Waals surface area contributed by atoms with Crippen molar-refractivity contribution in [3.63, 3.8) is 0 Å². The van der Waals surface area contributed by atoms with Crippen LogP contribution in [0.3, 0.4) is 0 Å². The van der Waals surface area contributed by atoms with Gasteiger partial charge in [0.25, 0.3) is 0 Å². The molecular weight excluding hydrogens is 886 g/mol. The predicted molar refractivity (Wildman–Crippen MR) is 229 cm³/mol. The minimum Gasteiger partial charge on any atom is -0.507 e. The van der Waals surface area contributed by atoms with Crippen LogP contribution >= 0.6 is 0 Å². The Morgan fingerprint density at radius 1 is 0.579 bits per heavy atom. The van der Waals surface area contributed by atoms with Gasteiger partial charge in [-0.15, -0.1) is 23.8 Å². The molecule has 5 heterocycles. The molecule has 0 atom stereocenters. The van der Waals surface area contributed by atoms with Gasteiger partial charge in [-0.05, 0) is 81.0 Å².